The summed E-state index contributed by atoms with van der Waals surface area (Å²) in [6.07, 6.45) is 3.85. The molecule has 0 spiro atoms. The minimum absolute atomic E-state index is 0.101. The van der Waals surface area contributed by atoms with Gasteiger partial charge in [-0.2, -0.15) is 0 Å². The molecule has 0 rings (SSSR count). The standard InChI is InChI=1S/C8H15O2S/c1-3-5-6-8-11(9,10)7-4-2/h4H,1-3,5-8H2. The van der Waals surface area contributed by atoms with Gasteiger partial charge in [0.1, 0.15) is 0 Å². The lowest BCUT2D eigenvalue weighted by atomic mass is 10.3. The first-order chi connectivity index (χ1) is 5.12. The Morgan fingerprint density at radius 2 is 1.91 bits per heavy atom. The van der Waals surface area contributed by atoms with Crippen LogP contribution in [0.15, 0.2) is 12.7 Å². The molecule has 0 bridgehead atoms. The fourth-order valence-corrected chi connectivity index (χ4v) is 1.93. The van der Waals surface area contributed by atoms with Crippen molar-refractivity contribution in [2.24, 2.45) is 0 Å². The molecule has 0 amide bonds. The topological polar surface area (TPSA) is 34.1 Å². The summed E-state index contributed by atoms with van der Waals surface area (Å²) in [6.45, 7) is 7.02. The Balaban J connectivity index is 3.65. The average molecular weight is 175 g/mol. The van der Waals surface area contributed by atoms with E-state index in [0.29, 0.717) is 0 Å². The second kappa shape index (κ2) is 5.35. The monoisotopic (exact) mass is 175 g/mol. The lowest BCUT2D eigenvalue weighted by molar-refractivity contribution is 0.594. The average Bonchev–Trinajstić information content (AvgIpc) is 1.87. The van der Waals surface area contributed by atoms with Gasteiger partial charge in [0.25, 0.3) is 0 Å². The van der Waals surface area contributed by atoms with Gasteiger partial charge in [0, 0.05) is 0 Å². The van der Waals surface area contributed by atoms with Crippen LogP contribution in [0.4, 0.5) is 0 Å². The summed E-state index contributed by atoms with van der Waals surface area (Å²) >= 11 is 0. The molecular weight excluding hydrogens is 160 g/mol. The van der Waals surface area contributed by atoms with Crippen molar-refractivity contribution in [1.82, 2.24) is 0 Å². The van der Waals surface area contributed by atoms with Crippen LogP contribution in [0, 0.1) is 6.92 Å². The van der Waals surface area contributed by atoms with E-state index in [-0.39, 0.29) is 11.5 Å². The highest BCUT2D eigenvalue weighted by molar-refractivity contribution is 7.91. The number of sulfone groups is 1. The number of unbranched alkanes of at least 4 members (excludes halogenated alkanes) is 2. The molecule has 1 radical (unpaired) electrons. The number of rotatable bonds is 6. The van der Waals surface area contributed by atoms with Gasteiger partial charge in [-0.1, -0.05) is 25.8 Å². The Hall–Kier alpha value is -0.310. The summed E-state index contributed by atoms with van der Waals surface area (Å²) in [5.41, 5.74) is 0. The Kier molecular flexibility index (Phi) is 5.20. The van der Waals surface area contributed by atoms with Gasteiger partial charge in [0.05, 0.1) is 11.5 Å². The third-order valence-electron chi connectivity index (χ3n) is 1.33. The smallest absolute Gasteiger partial charge is 0.153 e. The van der Waals surface area contributed by atoms with Crippen molar-refractivity contribution in [3.05, 3.63) is 19.6 Å². The fourth-order valence-electron chi connectivity index (χ4n) is 0.762. The summed E-state index contributed by atoms with van der Waals surface area (Å²) in [7, 11) is -2.85. The minimum atomic E-state index is -2.85. The van der Waals surface area contributed by atoms with Gasteiger partial charge in [-0.25, -0.2) is 8.42 Å². The summed E-state index contributed by atoms with van der Waals surface area (Å²) in [6, 6.07) is 0. The van der Waals surface area contributed by atoms with Crippen LogP contribution in [0.25, 0.3) is 0 Å². The largest absolute Gasteiger partial charge is 0.229 e. The molecule has 0 aliphatic heterocycles. The Labute approximate surface area is 69.2 Å². The highest BCUT2D eigenvalue weighted by atomic mass is 32.2. The molecule has 0 saturated carbocycles. The van der Waals surface area contributed by atoms with Crippen molar-refractivity contribution in [2.75, 3.05) is 11.5 Å². The van der Waals surface area contributed by atoms with E-state index in [4.69, 9.17) is 0 Å². The highest BCUT2D eigenvalue weighted by Crippen LogP contribution is 1.99. The molecule has 0 aromatic heterocycles. The van der Waals surface area contributed by atoms with Crippen LogP contribution in [0.1, 0.15) is 19.3 Å². The molecule has 0 fully saturated rings. The summed E-state index contributed by atoms with van der Waals surface area (Å²) in [5.74, 6) is 0.374. The number of hydrogen-bond donors (Lipinski definition) is 0. The Morgan fingerprint density at radius 1 is 1.27 bits per heavy atom. The van der Waals surface area contributed by atoms with Gasteiger partial charge in [-0.15, -0.1) is 6.58 Å². The van der Waals surface area contributed by atoms with Crippen LogP contribution in [0.3, 0.4) is 0 Å². The SMILES string of the molecule is [CH2]CCCCS(=O)(=O)CC=C. The summed E-state index contributed by atoms with van der Waals surface area (Å²) < 4.78 is 22.0. The van der Waals surface area contributed by atoms with E-state index >= 15 is 0 Å². The zero-order valence-corrected chi connectivity index (χ0v) is 7.57. The summed E-state index contributed by atoms with van der Waals surface area (Å²) in [5, 5.41) is 0. The molecule has 0 saturated heterocycles. The van der Waals surface area contributed by atoms with Gasteiger partial charge < -0.3 is 0 Å². The molecule has 0 heterocycles. The van der Waals surface area contributed by atoms with Crippen molar-refractivity contribution in [2.45, 2.75) is 19.3 Å². The molecule has 0 unspecified atom stereocenters. The van der Waals surface area contributed by atoms with Crippen molar-refractivity contribution in [3.8, 4) is 0 Å². The maximum Gasteiger partial charge on any atom is 0.153 e. The van der Waals surface area contributed by atoms with Crippen LogP contribution < -0.4 is 0 Å². The third kappa shape index (κ3) is 6.10. The van der Waals surface area contributed by atoms with Crippen molar-refractivity contribution >= 4 is 9.84 Å². The molecule has 0 aliphatic rings. The van der Waals surface area contributed by atoms with Crippen LogP contribution in [0.5, 0.6) is 0 Å². The zero-order chi connectivity index (χ0) is 8.74. The predicted octanol–water partition coefficient (Wildman–Crippen LogP) is 1.59. The van der Waals surface area contributed by atoms with E-state index < -0.39 is 9.84 Å². The second-order valence-corrected chi connectivity index (χ2v) is 4.69. The number of hydrogen-bond acceptors (Lipinski definition) is 2. The van der Waals surface area contributed by atoms with E-state index in [9.17, 15) is 8.42 Å². The molecule has 0 aliphatic carbocycles. The van der Waals surface area contributed by atoms with E-state index in [1.165, 1.54) is 6.08 Å². The molecule has 0 atom stereocenters. The second-order valence-electron chi connectivity index (χ2n) is 2.46. The van der Waals surface area contributed by atoms with Gasteiger partial charge in [-0.05, 0) is 6.42 Å². The van der Waals surface area contributed by atoms with Crippen LogP contribution in [0.2, 0.25) is 0 Å². The van der Waals surface area contributed by atoms with Gasteiger partial charge in [0.2, 0.25) is 0 Å². The maximum atomic E-state index is 11.0. The molecule has 3 heteroatoms. The van der Waals surface area contributed by atoms with E-state index in [1.54, 1.807) is 0 Å². The quantitative estimate of drug-likeness (QED) is 0.454. The molecule has 0 aromatic rings. The van der Waals surface area contributed by atoms with E-state index in [2.05, 4.69) is 13.5 Å². The van der Waals surface area contributed by atoms with Crippen molar-refractivity contribution in [1.29, 1.82) is 0 Å². The van der Waals surface area contributed by atoms with Gasteiger partial charge in [0.15, 0.2) is 9.84 Å². The van der Waals surface area contributed by atoms with Gasteiger partial charge in [-0.3, -0.25) is 0 Å². The van der Waals surface area contributed by atoms with Crippen molar-refractivity contribution < 1.29 is 8.42 Å². The van der Waals surface area contributed by atoms with Crippen molar-refractivity contribution in [3.63, 3.8) is 0 Å². The highest BCUT2D eigenvalue weighted by Gasteiger charge is 2.06. The van der Waals surface area contributed by atoms with Crippen LogP contribution >= 0.6 is 0 Å². The first kappa shape index (κ1) is 10.7. The lowest BCUT2D eigenvalue weighted by Crippen LogP contribution is -2.08. The summed E-state index contributed by atoms with van der Waals surface area (Å²) in [4.78, 5) is 0. The van der Waals surface area contributed by atoms with E-state index in [1.807, 2.05) is 0 Å². The molecule has 11 heavy (non-hydrogen) atoms. The molecule has 0 N–H and O–H groups in total. The third-order valence-corrected chi connectivity index (χ3v) is 2.98. The van der Waals surface area contributed by atoms with Crippen LogP contribution in [-0.2, 0) is 9.84 Å². The molecular formula is C8H15O2S. The first-order valence-electron chi connectivity index (χ1n) is 3.73. The molecule has 2 nitrogen and oxygen atoms in total. The minimum Gasteiger partial charge on any atom is -0.229 e. The van der Waals surface area contributed by atoms with Gasteiger partial charge >= 0.3 is 0 Å². The fraction of sp³-hybridized carbons (Fsp3) is 0.625. The Bertz CT molecular complexity index is 192. The predicted molar refractivity (Wildman–Crippen MR) is 48.1 cm³/mol. The molecule has 0 aromatic carbocycles. The lowest BCUT2D eigenvalue weighted by Gasteiger charge is -1.98. The molecule has 65 valence electrons. The Morgan fingerprint density at radius 3 is 2.36 bits per heavy atom. The maximum absolute atomic E-state index is 11.0. The normalized spacial score (nSPS) is 11.4. The van der Waals surface area contributed by atoms with E-state index in [0.717, 1.165) is 19.3 Å². The van der Waals surface area contributed by atoms with Crippen LogP contribution in [-0.4, -0.2) is 19.9 Å². The zero-order valence-electron chi connectivity index (χ0n) is 6.75. The first-order valence-corrected chi connectivity index (χ1v) is 5.55.